The van der Waals surface area contributed by atoms with Gasteiger partial charge in [0.05, 0.1) is 0 Å². The summed E-state index contributed by atoms with van der Waals surface area (Å²) in [5, 5.41) is 2.92. The molecule has 0 amide bonds. The van der Waals surface area contributed by atoms with Gasteiger partial charge in [-0.1, -0.05) is 0 Å². The number of hydrogen-bond donors (Lipinski definition) is 0. The minimum absolute atomic E-state index is 1.21. The van der Waals surface area contributed by atoms with E-state index in [1.165, 1.54) is 10.0 Å². The van der Waals surface area contributed by atoms with Crippen LogP contribution in [0.4, 0.5) is 0 Å². The summed E-state index contributed by atoms with van der Waals surface area (Å²) in [6.45, 7) is 4.69. The summed E-state index contributed by atoms with van der Waals surface area (Å²) in [6, 6.07) is 11.1. The first kappa shape index (κ1) is 8.94. The Morgan fingerprint density at radius 1 is 1.00 bits per heavy atom. The van der Waals surface area contributed by atoms with Crippen molar-refractivity contribution in [3.63, 3.8) is 0 Å². The third kappa shape index (κ3) is 2.41. The predicted octanol–water partition coefficient (Wildman–Crippen LogP) is 2.81. The molecule has 0 saturated carbocycles. The molecule has 0 saturated heterocycles. The van der Waals surface area contributed by atoms with E-state index in [0.29, 0.717) is 0 Å². The molecule has 0 aliphatic heterocycles. The van der Waals surface area contributed by atoms with Gasteiger partial charge >= 0.3 is 74.3 Å². The summed E-state index contributed by atoms with van der Waals surface area (Å²) in [7, 11) is 0. The summed E-state index contributed by atoms with van der Waals surface area (Å²) in [6.07, 6.45) is 0. The van der Waals surface area contributed by atoms with E-state index in [9.17, 15) is 0 Å². The van der Waals surface area contributed by atoms with Crippen molar-refractivity contribution in [1.82, 2.24) is 0 Å². The molecule has 0 aliphatic carbocycles. The van der Waals surface area contributed by atoms with E-state index < -0.39 is 16.0 Å². The van der Waals surface area contributed by atoms with Gasteiger partial charge in [-0.25, -0.2) is 0 Å². The molecule has 0 atom stereocenters. The van der Waals surface area contributed by atoms with Crippen LogP contribution in [0.5, 0.6) is 0 Å². The summed E-state index contributed by atoms with van der Waals surface area (Å²) in [5.74, 6) is 0. The zero-order valence-corrected chi connectivity index (χ0v) is 10.5. The molecule has 57 valence electrons. The van der Waals surface area contributed by atoms with Crippen molar-refractivity contribution in [2.24, 2.45) is 0 Å². The fraction of sp³-hybridized carbons (Fsp3) is 0.400. The molecule has 0 radical (unpaired) electrons. The molecule has 0 bridgehead atoms. The molecule has 0 fully saturated rings. The van der Waals surface area contributed by atoms with Crippen molar-refractivity contribution < 1.29 is 16.0 Å². The first-order chi connectivity index (χ1) is 5.38. The third-order valence-electron chi connectivity index (χ3n) is 2.63. The molecule has 0 unspecified atom stereocenters. The van der Waals surface area contributed by atoms with E-state index >= 15 is 0 Å². The molecular weight excluding hydrogens is 185 g/mol. The Labute approximate surface area is 74.5 Å². The van der Waals surface area contributed by atoms with E-state index in [1.807, 2.05) is 0 Å². The topological polar surface area (TPSA) is 0 Å². The van der Waals surface area contributed by atoms with Crippen LogP contribution < -0.4 is 4.16 Å². The average Bonchev–Trinajstić information content (AvgIpc) is 2.09. The van der Waals surface area contributed by atoms with Crippen molar-refractivity contribution in [2.45, 2.75) is 23.9 Å². The first-order valence-corrected chi connectivity index (χ1v) is 10.4. The van der Waals surface area contributed by atoms with Gasteiger partial charge in [0, 0.05) is 0 Å². The summed E-state index contributed by atoms with van der Waals surface area (Å²) < 4.78 is 1.69. The Morgan fingerprint density at radius 2 is 1.55 bits per heavy atom. The molecule has 0 heterocycles. The molecular formula is C10H15Zn. The van der Waals surface area contributed by atoms with Crippen LogP contribution in [0.2, 0.25) is 10.0 Å². The average molecular weight is 201 g/mol. The van der Waals surface area contributed by atoms with Crippen LogP contribution in [0.15, 0.2) is 30.3 Å². The van der Waals surface area contributed by atoms with Gasteiger partial charge in [-0.2, -0.15) is 0 Å². The van der Waals surface area contributed by atoms with Gasteiger partial charge in [0.25, 0.3) is 0 Å². The SMILES string of the molecule is C[CH2][Zn]([CH2]C)[c]1ccccc1. The number of benzene rings is 1. The van der Waals surface area contributed by atoms with E-state index in [-0.39, 0.29) is 0 Å². The van der Waals surface area contributed by atoms with Gasteiger partial charge in [0.2, 0.25) is 0 Å². The van der Waals surface area contributed by atoms with Crippen LogP contribution in [-0.4, -0.2) is 0 Å². The van der Waals surface area contributed by atoms with Gasteiger partial charge < -0.3 is 0 Å². The van der Waals surface area contributed by atoms with Crippen molar-refractivity contribution in [3.8, 4) is 0 Å². The van der Waals surface area contributed by atoms with Crippen molar-refractivity contribution in [1.29, 1.82) is 0 Å². The Hall–Kier alpha value is -0.157. The molecule has 0 nitrogen and oxygen atoms in total. The van der Waals surface area contributed by atoms with Gasteiger partial charge in [-0.3, -0.25) is 0 Å². The van der Waals surface area contributed by atoms with E-state index in [0.717, 1.165) is 0 Å². The quantitative estimate of drug-likeness (QED) is 0.659. The van der Waals surface area contributed by atoms with Crippen LogP contribution in [0.1, 0.15) is 13.8 Å². The van der Waals surface area contributed by atoms with Gasteiger partial charge in [0.15, 0.2) is 0 Å². The summed E-state index contributed by atoms with van der Waals surface area (Å²) >= 11 is -1.21. The summed E-state index contributed by atoms with van der Waals surface area (Å²) in [4.78, 5) is 0. The van der Waals surface area contributed by atoms with Crippen LogP contribution in [-0.2, 0) is 16.0 Å². The van der Waals surface area contributed by atoms with E-state index in [1.54, 1.807) is 4.16 Å². The Kier molecular flexibility index (Phi) is 3.79. The van der Waals surface area contributed by atoms with E-state index in [4.69, 9.17) is 0 Å². The van der Waals surface area contributed by atoms with Gasteiger partial charge in [-0.05, 0) is 0 Å². The molecule has 0 aromatic heterocycles. The number of rotatable bonds is 3. The number of hydrogen-bond acceptors (Lipinski definition) is 0. The second kappa shape index (κ2) is 4.67. The maximum absolute atomic E-state index is 2.34. The molecule has 0 aliphatic rings. The Bertz CT molecular complexity index is 189. The zero-order chi connectivity index (χ0) is 8.10. The molecule has 1 heteroatoms. The molecule has 11 heavy (non-hydrogen) atoms. The fourth-order valence-corrected chi connectivity index (χ4v) is 7.62. The third-order valence-corrected chi connectivity index (χ3v) is 11.1. The Morgan fingerprint density at radius 3 is 2.00 bits per heavy atom. The fourth-order valence-electron chi connectivity index (χ4n) is 1.74. The monoisotopic (exact) mass is 199 g/mol. The first-order valence-electron chi connectivity index (χ1n) is 4.68. The van der Waals surface area contributed by atoms with E-state index in [2.05, 4.69) is 44.2 Å². The van der Waals surface area contributed by atoms with Crippen LogP contribution >= 0.6 is 0 Å². The molecule has 1 aromatic carbocycles. The minimum atomic E-state index is -1.21. The van der Waals surface area contributed by atoms with Crippen LogP contribution in [0, 0.1) is 0 Å². The van der Waals surface area contributed by atoms with Crippen molar-refractivity contribution in [3.05, 3.63) is 30.3 Å². The molecule has 0 spiro atoms. The Balaban J connectivity index is 2.74. The standard InChI is InChI=1S/C6H5.2C2H5.Zn/c1-2-4-6-5-3-1;2*1-2;/h1-5H;2*1H2,2H3;. The van der Waals surface area contributed by atoms with Crippen LogP contribution in [0.25, 0.3) is 0 Å². The molecule has 0 N–H and O–H groups in total. The molecule has 1 aromatic rings. The second-order valence-electron chi connectivity index (χ2n) is 3.34. The van der Waals surface area contributed by atoms with Crippen molar-refractivity contribution in [2.75, 3.05) is 0 Å². The maximum atomic E-state index is 2.34. The molecule has 1 rings (SSSR count). The van der Waals surface area contributed by atoms with Crippen molar-refractivity contribution >= 4 is 4.16 Å². The second-order valence-corrected chi connectivity index (χ2v) is 12.8. The van der Waals surface area contributed by atoms with Crippen LogP contribution in [0.3, 0.4) is 0 Å². The van der Waals surface area contributed by atoms with Gasteiger partial charge in [-0.15, -0.1) is 0 Å². The summed E-state index contributed by atoms with van der Waals surface area (Å²) in [5.41, 5.74) is 0. The zero-order valence-electron chi connectivity index (χ0n) is 7.51. The van der Waals surface area contributed by atoms with Gasteiger partial charge in [0.1, 0.15) is 0 Å². The predicted molar refractivity (Wildman–Crippen MR) is 47.0 cm³/mol. The normalized spacial score (nSPS) is 9.64.